The summed E-state index contributed by atoms with van der Waals surface area (Å²) >= 11 is 0. The zero-order valence-corrected chi connectivity index (χ0v) is 6.78. The second-order valence-electron chi connectivity index (χ2n) is 2.31. The number of aromatic amines is 1. The smallest absolute Gasteiger partial charge is 0.203 e. The number of nitrogens with zero attached hydrogens (tertiary/aromatic N) is 2. The third-order valence-corrected chi connectivity index (χ3v) is 1.40. The summed E-state index contributed by atoms with van der Waals surface area (Å²) in [6, 6.07) is -0.115. The number of nitrogens with two attached hydrogens (primary N) is 2. The largest absolute Gasteiger partial charge is 0.369 e. The molecule has 0 spiro atoms. The first-order valence-electron chi connectivity index (χ1n) is 3.53. The molecule has 0 saturated heterocycles. The second kappa shape index (κ2) is 3.72. The minimum Gasteiger partial charge on any atom is -0.369 e. The van der Waals surface area contributed by atoms with Crippen molar-refractivity contribution >= 4 is 5.96 Å². The highest BCUT2D eigenvalue weighted by molar-refractivity contribution is 5.77. The molecule has 0 amide bonds. The van der Waals surface area contributed by atoms with Gasteiger partial charge in [0.15, 0.2) is 0 Å². The van der Waals surface area contributed by atoms with Crippen LogP contribution in [0.15, 0.2) is 17.4 Å². The number of nitrogens with one attached hydrogen (secondary N) is 2. The standard InChI is InChI=1S/C6H12N6/c1-4(11-6(7)12-8)5-9-2-3-10-5/h2-4H,8H2,1H3,(H,9,10)(H3,7,11,12). The van der Waals surface area contributed by atoms with Gasteiger partial charge in [-0.05, 0) is 6.92 Å². The quantitative estimate of drug-likeness (QED) is 0.202. The lowest BCUT2D eigenvalue weighted by atomic mass is 10.3. The van der Waals surface area contributed by atoms with E-state index in [2.05, 4.69) is 20.4 Å². The van der Waals surface area contributed by atoms with Crippen LogP contribution in [0.1, 0.15) is 18.8 Å². The molecule has 1 aromatic rings. The normalized spacial score (nSPS) is 14.3. The summed E-state index contributed by atoms with van der Waals surface area (Å²) in [5.74, 6) is 5.99. The Balaban J connectivity index is 2.66. The predicted molar refractivity (Wildman–Crippen MR) is 45.9 cm³/mol. The van der Waals surface area contributed by atoms with Gasteiger partial charge in [-0.3, -0.25) is 5.43 Å². The van der Waals surface area contributed by atoms with Crippen LogP contribution < -0.4 is 17.0 Å². The highest BCUT2D eigenvalue weighted by atomic mass is 15.3. The van der Waals surface area contributed by atoms with Crippen molar-refractivity contribution in [2.75, 3.05) is 0 Å². The first-order chi connectivity index (χ1) is 5.74. The van der Waals surface area contributed by atoms with E-state index in [1.54, 1.807) is 12.4 Å². The molecular formula is C6H12N6. The Kier molecular flexibility index (Phi) is 2.65. The molecule has 66 valence electrons. The van der Waals surface area contributed by atoms with E-state index < -0.39 is 0 Å². The van der Waals surface area contributed by atoms with Crippen LogP contribution in [0.3, 0.4) is 0 Å². The number of aliphatic imine (C=N–C) groups is 1. The Hall–Kier alpha value is -1.56. The molecular weight excluding hydrogens is 156 g/mol. The monoisotopic (exact) mass is 168 g/mol. The second-order valence-corrected chi connectivity index (χ2v) is 2.31. The van der Waals surface area contributed by atoms with Gasteiger partial charge in [-0.25, -0.2) is 15.8 Å². The van der Waals surface area contributed by atoms with Crippen molar-refractivity contribution in [3.8, 4) is 0 Å². The average Bonchev–Trinajstić information content (AvgIpc) is 2.56. The Morgan fingerprint density at radius 3 is 3.08 bits per heavy atom. The molecule has 12 heavy (non-hydrogen) atoms. The number of imidazole rings is 1. The van der Waals surface area contributed by atoms with E-state index in [9.17, 15) is 0 Å². The number of aromatic nitrogens is 2. The lowest BCUT2D eigenvalue weighted by molar-refractivity contribution is 0.746. The SMILES string of the molecule is CC(N=C(N)NN)c1ncc[nH]1. The number of hydrogen-bond acceptors (Lipinski definition) is 3. The fraction of sp³-hybridized carbons (Fsp3) is 0.333. The number of hydrogen-bond donors (Lipinski definition) is 4. The Bertz CT molecular complexity index is 251. The maximum Gasteiger partial charge on any atom is 0.203 e. The summed E-state index contributed by atoms with van der Waals surface area (Å²) in [4.78, 5) is 10.9. The third-order valence-electron chi connectivity index (χ3n) is 1.40. The van der Waals surface area contributed by atoms with E-state index in [0.29, 0.717) is 0 Å². The van der Waals surface area contributed by atoms with E-state index in [4.69, 9.17) is 11.6 Å². The van der Waals surface area contributed by atoms with Gasteiger partial charge in [0, 0.05) is 12.4 Å². The van der Waals surface area contributed by atoms with Gasteiger partial charge in [0.2, 0.25) is 5.96 Å². The molecule has 1 unspecified atom stereocenters. The minimum atomic E-state index is -0.115. The van der Waals surface area contributed by atoms with Crippen LogP contribution in [-0.4, -0.2) is 15.9 Å². The van der Waals surface area contributed by atoms with Crippen molar-refractivity contribution in [1.82, 2.24) is 15.4 Å². The van der Waals surface area contributed by atoms with Crippen molar-refractivity contribution in [3.63, 3.8) is 0 Å². The van der Waals surface area contributed by atoms with Gasteiger partial charge in [-0.1, -0.05) is 0 Å². The Labute approximate surface area is 70.1 Å². The lowest BCUT2D eigenvalue weighted by Gasteiger charge is -2.03. The molecule has 0 aliphatic heterocycles. The number of hydrazine groups is 1. The summed E-state index contributed by atoms with van der Waals surface area (Å²) in [5, 5.41) is 0. The van der Waals surface area contributed by atoms with E-state index in [-0.39, 0.29) is 12.0 Å². The third kappa shape index (κ3) is 1.96. The molecule has 0 bridgehead atoms. The van der Waals surface area contributed by atoms with Crippen LogP contribution in [0.4, 0.5) is 0 Å². The van der Waals surface area contributed by atoms with Crippen LogP contribution >= 0.6 is 0 Å². The Morgan fingerprint density at radius 1 is 1.83 bits per heavy atom. The van der Waals surface area contributed by atoms with E-state index in [0.717, 1.165) is 5.82 Å². The van der Waals surface area contributed by atoms with Gasteiger partial charge >= 0.3 is 0 Å². The van der Waals surface area contributed by atoms with Gasteiger partial charge in [0.1, 0.15) is 11.9 Å². The summed E-state index contributed by atoms with van der Waals surface area (Å²) < 4.78 is 0. The molecule has 0 fully saturated rings. The fourth-order valence-electron chi connectivity index (χ4n) is 0.813. The highest BCUT2D eigenvalue weighted by Gasteiger charge is 2.04. The first kappa shape index (κ1) is 8.54. The number of rotatable bonds is 2. The van der Waals surface area contributed by atoms with E-state index >= 15 is 0 Å². The maximum absolute atomic E-state index is 5.35. The molecule has 1 aromatic heterocycles. The van der Waals surface area contributed by atoms with Crippen LogP contribution in [0.2, 0.25) is 0 Å². The first-order valence-corrected chi connectivity index (χ1v) is 3.53. The van der Waals surface area contributed by atoms with Gasteiger partial charge in [-0.2, -0.15) is 0 Å². The molecule has 0 saturated carbocycles. The van der Waals surface area contributed by atoms with Crippen molar-refractivity contribution in [2.24, 2.45) is 16.6 Å². The van der Waals surface area contributed by atoms with Crippen molar-refractivity contribution in [1.29, 1.82) is 0 Å². The van der Waals surface area contributed by atoms with Gasteiger partial charge in [0.25, 0.3) is 0 Å². The van der Waals surface area contributed by atoms with Crippen LogP contribution in [0, 0.1) is 0 Å². The topological polar surface area (TPSA) is 105 Å². The summed E-state index contributed by atoms with van der Waals surface area (Å²) in [6.45, 7) is 1.86. The van der Waals surface area contributed by atoms with Crippen molar-refractivity contribution < 1.29 is 0 Å². The summed E-state index contributed by atoms with van der Waals surface area (Å²) in [5.41, 5.74) is 7.60. The number of H-pyrrole nitrogens is 1. The van der Waals surface area contributed by atoms with Crippen LogP contribution in [-0.2, 0) is 0 Å². The van der Waals surface area contributed by atoms with E-state index in [1.165, 1.54) is 0 Å². The van der Waals surface area contributed by atoms with Gasteiger partial charge in [0.05, 0.1) is 0 Å². The summed E-state index contributed by atoms with van der Waals surface area (Å²) in [7, 11) is 0. The molecule has 6 nitrogen and oxygen atoms in total. The number of guanidine groups is 1. The maximum atomic E-state index is 5.35. The lowest BCUT2D eigenvalue weighted by Crippen LogP contribution is -2.37. The molecule has 6 N–H and O–H groups in total. The fourth-order valence-corrected chi connectivity index (χ4v) is 0.813. The highest BCUT2D eigenvalue weighted by Crippen LogP contribution is 2.09. The predicted octanol–water partition coefficient (Wildman–Crippen LogP) is -0.751. The average molecular weight is 168 g/mol. The molecule has 0 radical (unpaired) electrons. The van der Waals surface area contributed by atoms with Crippen LogP contribution in [0.25, 0.3) is 0 Å². The van der Waals surface area contributed by atoms with Gasteiger partial charge in [-0.15, -0.1) is 0 Å². The molecule has 0 aromatic carbocycles. The molecule has 1 atom stereocenters. The molecule has 0 aliphatic rings. The van der Waals surface area contributed by atoms with Crippen molar-refractivity contribution in [3.05, 3.63) is 18.2 Å². The molecule has 0 aliphatic carbocycles. The zero-order valence-electron chi connectivity index (χ0n) is 6.78. The molecule has 1 rings (SSSR count). The van der Waals surface area contributed by atoms with Gasteiger partial charge < -0.3 is 10.7 Å². The zero-order chi connectivity index (χ0) is 8.97. The summed E-state index contributed by atoms with van der Waals surface area (Å²) in [6.07, 6.45) is 3.39. The molecule has 6 heteroatoms. The van der Waals surface area contributed by atoms with E-state index in [1.807, 2.05) is 6.92 Å². The Morgan fingerprint density at radius 2 is 2.58 bits per heavy atom. The van der Waals surface area contributed by atoms with Crippen LogP contribution in [0.5, 0.6) is 0 Å². The molecule has 1 heterocycles. The van der Waals surface area contributed by atoms with Crippen molar-refractivity contribution in [2.45, 2.75) is 13.0 Å². The minimum absolute atomic E-state index is 0.115.